The van der Waals surface area contributed by atoms with Gasteiger partial charge in [-0.25, -0.2) is 0 Å². The SMILES string of the molecule is CCCC(=O)Nc1c(C)cccc1O. The molecule has 0 heterocycles. The van der Waals surface area contributed by atoms with E-state index in [9.17, 15) is 9.90 Å². The summed E-state index contributed by atoms with van der Waals surface area (Å²) in [7, 11) is 0. The van der Waals surface area contributed by atoms with Crippen LogP contribution in [0, 0.1) is 6.92 Å². The van der Waals surface area contributed by atoms with Crippen molar-refractivity contribution in [3.05, 3.63) is 23.8 Å². The number of nitrogens with one attached hydrogen (secondary N) is 1. The summed E-state index contributed by atoms with van der Waals surface area (Å²) in [6.07, 6.45) is 1.28. The summed E-state index contributed by atoms with van der Waals surface area (Å²) >= 11 is 0. The Labute approximate surface area is 83.8 Å². The fourth-order valence-corrected chi connectivity index (χ4v) is 1.24. The second-order valence-corrected chi connectivity index (χ2v) is 3.27. The van der Waals surface area contributed by atoms with E-state index in [1.165, 1.54) is 0 Å². The molecule has 0 atom stereocenters. The molecular formula is C11H15NO2. The number of aryl methyl sites for hydroxylation is 1. The summed E-state index contributed by atoms with van der Waals surface area (Å²) in [4.78, 5) is 11.3. The quantitative estimate of drug-likeness (QED) is 0.724. The Hall–Kier alpha value is -1.51. The number of anilines is 1. The van der Waals surface area contributed by atoms with E-state index >= 15 is 0 Å². The molecule has 0 saturated heterocycles. The van der Waals surface area contributed by atoms with Crippen molar-refractivity contribution in [2.75, 3.05) is 5.32 Å². The Bertz CT molecular complexity index is 314. The van der Waals surface area contributed by atoms with E-state index in [-0.39, 0.29) is 11.7 Å². The van der Waals surface area contributed by atoms with Crippen molar-refractivity contribution in [3.63, 3.8) is 0 Å². The van der Waals surface area contributed by atoms with Crippen LogP contribution in [0.1, 0.15) is 25.3 Å². The third-order valence-corrected chi connectivity index (χ3v) is 1.99. The van der Waals surface area contributed by atoms with Gasteiger partial charge in [-0.2, -0.15) is 0 Å². The highest BCUT2D eigenvalue weighted by Crippen LogP contribution is 2.26. The third-order valence-electron chi connectivity index (χ3n) is 1.99. The second-order valence-electron chi connectivity index (χ2n) is 3.27. The Balaban J connectivity index is 2.80. The molecule has 76 valence electrons. The number of amides is 1. The van der Waals surface area contributed by atoms with Gasteiger partial charge in [0.25, 0.3) is 0 Å². The Morgan fingerprint density at radius 3 is 2.79 bits per heavy atom. The van der Waals surface area contributed by atoms with Crippen molar-refractivity contribution >= 4 is 11.6 Å². The molecule has 0 spiro atoms. The van der Waals surface area contributed by atoms with Gasteiger partial charge < -0.3 is 10.4 Å². The Morgan fingerprint density at radius 1 is 1.50 bits per heavy atom. The molecule has 14 heavy (non-hydrogen) atoms. The molecule has 1 amide bonds. The van der Waals surface area contributed by atoms with Crippen LogP contribution in [0.25, 0.3) is 0 Å². The molecule has 1 rings (SSSR count). The molecule has 0 radical (unpaired) electrons. The number of rotatable bonds is 3. The molecule has 1 aromatic rings. The van der Waals surface area contributed by atoms with Crippen molar-refractivity contribution in [2.45, 2.75) is 26.7 Å². The summed E-state index contributed by atoms with van der Waals surface area (Å²) in [5.41, 5.74) is 1.39. The third kappa shape index (κ3) is 2.49. The molecule has 3 nitrogen and oxygen atoms in total. The first-order chi connectivity index (χ1) is 6.65. The van der Waals surface area contributed by atoms with Crippen LogP contribution in [0.4, 0.5) is 5.69 Å². The number of aromatic hydroxyl groups is 1. The van der Waals surface area contributed by atoms with Gasteiger partial charge in [-0.3, -0.25) is 4.79 Å². The lowest BCUT2D eigenvalue weighted by molar-refractivity contribution is -0.116. The highest BCUT2D eigenvalue weighted by molar-refractivity contribution is 5.93. The summed E-state index contributed by atoms with van der Waals surface area (Å²) in [5, 5.41) is 12.2. The minimum Gasteiger partial charge on any atom is -0.506 e. The molecule has 0 aliphatic carbocycles. The lowest BCUT2D eigenvalue weighted by atomic mass is 10.2. The first-order valence-corrected chi connectivity index (χ1v) is 4.73. The second kappa shape index (κ2) is 4.65. The van der Waals surface area contributed by atoms with Gasteiger partial charge in [0, 0.05) is 6.42 Å². The number of carbonyl (C=O) groups excluding carboxylic acids is 1. The average Bonchev–Trinajstić information content (AvgIpc) is 2.12. The fourth-order valence-electron chi connectivity index (χ4n) is 1.24. The molecule has 0 bridgehead atoms. The lowest BCUT2D eigenvalue weighted by Gasteiger charge is -2.09. The minimum absolute atomic E-state index is 0.0582. The maximum absolute atomic E-state index is 11.3. The number of phenolic OH excluding ortho intramolecular Hbond substituents is 1. The molecular weight excluding hydrogens is 178 g/mol. The zero-order valence-electron chi connectivity index (χ0n) is 8.50. The van der Waals surface area contributed by atoms with Crippen LogP contribution < -0.4 is 5.32 Å². The van der Waals surface area contributed by atoms with E-state index < -0.39 is 0 Å². The minimum atomic E-state index is -0.0582. The molecule has 0 unspecified atom stereocenters. The summed E-state index contributed by atoms with van der Waals surface area (Å²) in [6.45, 7) is 3.79. The highest BCUT2D eigenvalue weighted by Gasteiger charge is 2.07. The number of hydrogen-bond acceptors (Lipinski definition) is 2. The van der Waals surface area contributed by atoms with Crippen LogP contribution >= 0.6 is 0 Å². The highest BCUT2D eigenvalue weighted by atomic mass is 16.3. The molecule has 2 N–H and O–H groups in total. The van der Waals surface area contributed by atoms with Crippen LogP contribution in [0.15, 0.2) is 18.2 Å². The molecule has 3 heteroatoms. The molecule has 0 aromatic heterocycles. The van der Waals surface area contributed by atoms with Gasteiger partial charge >= 0.3 is 0 Å². The number of benzene rings is 1. The molecule has 0 aliphatic heterocycles. The van der Waals surface area contributed by atoms with E-state index in [4.69, 9.17) is 0 Å². The van der Waals surface area contributed by atoms with Crippen molar-refractivity contribution in [1.29, 1.82) is 0 Å². The number of carbonyl (C=O) groups is 1. The van der Waals surface area contributed by atoms with Crippen LogP contribution in [0.5, 0.6) is 5.75 Å². The van der Waals surface area contributed by atoms with Crippen LogP contribution in [-0.2, 0) is 4.79 Å². The summed E-state index contributed by atoms with van der Waals surface area (Å²) in [6, 6.07) is 5.16. The van der Waals surface area contributed by atoms with Crippen molar-refractivity contribution in [1.82, 2.24) is 0 Å². The smallest absolute Gasteiger partial charge is 0.224 e. The topological polar surface area (TPSA) is 49.3 Å². The van der Waals surface area contributed by atoms with Crippen LogP contribution in [0.3, 0.4) is 0 Å². The maximum atomic E-state index is 11.3. The standard InChI is InChI=1S/C11H15NO2/c1-3-5-10(14)12-11-8(2)6-4-7-9(11)13/h4,6-7,13H,3,5H2,1-2H3,(H,12,14). The summed E-state index contributed by atoms with van der Waals surface area (Å²) in [5.74, 6) is 0.0616. The predicted octanol–water partition coefficient (Wildman–Crippen LogP) is 2.44. The number of para-hydroxylation sites is 1. The monoisotopic (exact) mass is 193 g/mol. The fraction of sp³-hybridized carbons (Fsp3) is 0.364. The molecule has 0 saturated carbocycles. The zero-order chi connectivity index (χ0) is 10.6. The first kappa shape index (κ1) is 10.6. The van der Waals surface area contributed by atoms with Gasteiger partial charge in [-0.15, -0.1) is 0 Å². The van der Waals surface area contributed by atoms with Crippen molar-refractivity contribution in [2.24, 2.45) is 0 Å². The van der Waals surface area contributed by atoms with E-state index in [2.05, 4.69) is 5.32 Å². The van der Waals surface area contributed by atoms with E-state index in [1.54, 1.807) is 12.1 Å². The number of hydrogen-bond donors (Lipinski definition) is 2. The summed E-state index contributed by atoms with van der Waals surface area (Å²) < 4.78 is 0. The lowest BCUT2D eigenvalue weighted by Crippen LogP contribution is -2.11. The maximum Gasteiger partial charge on any atom is 0.224 e. The molecule has 0 aliphatic rings. The number of phenols is 1. The molecule has 1 aromatic carbocycles. The van der Waals surface area contributed by atoms with Crippen LogP contribution in [-0.4, -0.2) is 11.0 Å². The normalized spacial score (nSPS) is 9.86. The van der Waals surface area contributed by atoms with Gasteiger partial charge in [0.05, 0.1) is 5.69 Å². The Kier molecular flexibility index (Phi) is 3.51. The molecule has 0 fully saturated rings. The zero-order valence-corrected chi connectivity index (χ0v) is 8.50. The van der Waals surface area contributed by atoms with Gasteiger partial charge in [0.15, 0.2) is 0 Å². The Morgan fingerprint density at radius 2 is 2.21 bits per heavy atom. The van der Waals surface area contributed by atoms with Crippen molar-refractivity contribution < 1.29 is 9.90 Å². The van der Waals surface area contributed by atoms with E-state index in [1.807, 2.05) is 19.9 Å². The van der Waals surface area contributed by atoms with E-state index in [0.717, 1.165) is 12.0 Å². The van der Waals surface area contributed by atoms with E-state index in [0.29, 0.717) is 12.1 Å². The van der Waals surface area contributed by atoms with Crippen LogP contribution in [0.2, 0.25) is 0 Å². The van der Waals surface area contributed by atoms with Gasteiger partial charge in [0.2, 0.25) is 5.91 Å². The van der Waals surface area contributed by atoms with Gasteiger partial charge in [-0.05, 0) is 25.0 Å². The van der Waals surface area contributed by atoms with Gasteiger partial charge in [0.1, 0.15) is 5.75 Å². The predicted molar refractivity (Wildman–Crippen MR) is 56.4 cm³/mol. The van der Waals surface area contributed by atoms with Gasteiger partial charge in [-0.1, -0.05) is 19.1 Å². The van der Waals surface area contributed by atoms with Crippen molar-refractivity contribution in [3.8, 4) is 5.75 Å². The average molecular weight is 193 g/mol. The first-order valence-electron chi connectivity index (χ1n) is 4.73. The largest absolute Gasteiger partial charge is 0.506 e.